The maximum absolute atomic E-state index is 5.91. The van der Waals surface area contributed by atoms with Crippen LogP contribution in [-0.4, -0.2) is 38.0 Å². The summed E-state index contributed by atoms with van der Waals surface area (Å²) in [5.74, 6) is 0.721. The van der Waals surface area contributed by atoms with Crippen LogP contribution in [0.2, 0.25) is 0 Å². The van der Waals surface area contributed by atoms with Gasteiger partial charge in [-0.1, -0.05) is 26.7 Å². The maximum Gasteiger partial charge on any atom is 0.130 e. The van der Waals surface area contributed by atoms with Gasteiger partial charge in [0.1, 0.15) is 5.60 Å². The molecule has 0 aromatic carbocycles. The molecule has 0 amide bonds. The van der Waals surface area contributed by atoms with Gasteiger partial charge in [-0.05, 0) is 5.92 Å². The first kappa shape index (κ1) is 10.4. The van der Waals surface area contributed by atoms with E-state index in [1.54, 1.807) is 0 Å². The molecule has 14 heavy (non-hydrogen) atoms. The van der Waals surface area contributed by atoms with E-state index in [1.165, 1.54) is 12.8 Å². The third-order valence-corrected chi connectivity index (χ3v) is 3.64. The molecule has 3 heteroatoms. The molecule has 0 aromatic rings. The average molecular weight is 199 g/mol. The fraction of sp³-hybridized carbons (Fsp3) is 1.00. The summed E-state index contributed by atoms with van der Waals surface area (Å²) in [6.07, 6.45) is 2.44. The Morgan fingerprint density at radius 1 is 1.36 bits per heavy atom. The van der Waals surface area contributed by atoms with Crippen molar-refractivity contribution in [2.75, 3.05) is 26.4 Å². The number of hydrogen-bond donors (Lipinski definition) is 1. The predicted molar refractivity (Wildman–Crippen MR) is 55.4 cm³/mol. The van der Waals surface area contributed by atoms with Gasteiger partial charge < -0.3 is 14.8 Å². The van der Waals surface area contributed by atoms with E-state index in [0.29, 0.717) is 6.04 Å². The van der Waals surface area contributed by atoms with Gasteiger partial charge in [0.15, 0.2) is 0 Å². The van der Waals surface area contributed by atoms with Crippen molar-refractivity contribution < 1.29 is 9.47 Å². The van der Waals surface area contributed by atoms with E-state index in [2.05, 4.69) is 19.2 Å². The molecule has 1 atom stereocenters. The van der Waals surface area contributed by atoms with Gasteiger partial charge >= 0.3 is 0 Å². The van der Waals surface area contributed by atoms with Crippen LogP contribution in [0.3, 0.4) is 0 Å². The highest BCUT2D eigenvalue weighted by atomic mass is 16.6. The maximum atomic E-state index is 5.91. The molecule has 0 saturated carbocycles. The highest BCUT2D eigenvalue weighted by Gasteiger charge is 2.50. The Labute approximate surface area is 86.2 Å². The van der Waals surface area contributed by atoms with Crippen LogP contribution in [0.4, 0.5) is 0 Å². The van der Waals surface area contributed by atoms with E-state index in [-0.39, 0.29) is 5.60 Å². The summed E-state index contributed by atoms with van der Waals surface area (Å²) in [5, 5.41) is 3.61. The van der Waals surface area contributed by atoms with Crippen molar-refractivity contribution in [1.29, 1.82) is 0 Å². The normalized spacial score (nSPS) is 30.6. The van der Waals surface area contributed by atoms with Crippen molar-refractivity contribution >= 4 is 0 Å². The number of morpholine rings is 1. The van der Waals surface area contributed by atoms with Gasteiger partial charge in [0, 0.05) is 12.6 Å². The molecular weight excluding hydrogens is 178 g/mol. The molecule has 1 unspecified atom stereocenters. The molecule has 2 rings (SSSR count). The van der Waals surface area contributed by atoms with E-state index in [9.17, 15) is 0 Å². The van der Waals surface area contributed by atoms with Gasteiger partial charge in [0.25, 0.3) is 0 Å². The fourth-order valence-corrected chi connectivity index (χ4v) is 2.67. The molecule has 0 radical (unpaired) electrons. The molecule has 2 saturated heterocycles. The molecule has 3 nitrogen and oxygen atoms in total. The number of hydrogen-bond acceptors (Lipinski definition) is 3. The minimum Gasteiger partial charge on any atom is -0.375 e. The van der Waals surface area contributed by atoms with Crippen LogP contribution in [0.5, 0.6) is 0 Å². The summed E-state index contributed by atoms with van der Waals surface area (Å²) < 4.78 is 11.2. The van der Waals surface area contributed by atoms with Crippen molar-refractivity contribution in [3.8, 4) is 0 Å². The van der Waals surface area contributed by atoms with E-state index in [0.717, 1.165) is 32.3 Å². The van der Waals surface area contributed by atoms with Gasteiger partial charge in [-0.15, -0.1) is 0 Å². The van der Waals surface area contributed by atoms with E-state index in [4.69, 9.17) is 9.47 Å². The Hall–Kier alpha value is -0.120. The highest BCUT2D eigenvalue weighted by Crippen LogP contribution is 2.34. The van der Waals surface area contributed by atoms with Gasteiger partial charge in [-0.25, -0.2) is 0 Å². The summed E-state index contributed by atoms with van der Waals surface area (Å²) >= 11 is 0. The molecule has 82 valence electrons. The van der Waals surface area contributed by atoms with Crippen LogP contribution in [-0.2, 0) is 9.47 Å². The summed E-state index contributed by atoms with van der Waals surface area (Å²) in [7, 11) is 0. The third kappa shape index (κ3) is 1.58. The SMILES string of the molecule is CCC(CC)C1NCCOC12COC2. The molecule has 2 aliphatic heterocycles. The second-order valence-corrected chi connectivity index (χ2v) is 4.41. The van der Waals surface area contributed by atoms with E-state index >= 15 is 0 Å². The molecule has 0 bridgehead atoms. The standard InChI is InChI=1S/C11H21NO2/c1-3-9(4-2)10-11(7-13-8-11)14-6-5-12-10/h9-10,12H,3-8H2,1-2H3. The van der Waals surface area contributed by atoms with Crippen molar-refractivity contribution in [2.45, 2.75) is 38.3 Å². The van der Waals surface area contributed by atoms with E-state index < -0.39 is 0 Å². The first-order valence-electron chi connectivity index (χ1n) is 5.77. The zero-order valence-corrected chi connectivity index (χ0v) is 9.21. The quantitative estimate of drug-likeness (QED) is 0.740. The van der Waals surface area contributed by atoms with Crippen molar-refractivity contribution in [3.05, 3.63) is 0 Å². The summed E-state index contributed by atoms with van der Waals surface area (Å²) in [6, 6.07) is 0.500. The molecule has 2 aliphatic rings. The van der Waals surface area contributed by atoms with Gasteiger partial charge in [-0.2, -0.15) is 0 Å². The first-order chi connectivity index (χ1) is 6.82. The van der Waals surface area contributed by atoms with Crippen LogP contribution < -0.4 is 5.32 Å². The van der Waals surface area contributed by atoms with Crippen LogP contribution in [0.1, 0.15) is 26.7 Å². The molecule has 1 spiro atoms. The van der Waals surface area contributed by atoms with Crippen molar-refractivity contribution in [3.63, 3.8) is 0 Å². The van der Waals surface area contributed by atoms with E-state index in [1.807, 2.05) is 0 Å². The molecule has 1 N–H and O–H groups in total. The Bertz CT molecular complexity index is 188. The average Bonchev–Trinajstić information content (AvgIpc) is 2.18. The zero-order chi connectivity index (χ0) is 10.0. The number of rotatable bonds is 3. The summed E-state index contributed by atoms with van der Waals surface area (Å²) in [5.41, 5.74) is 0.00887. The van der Waals surface area contributed by atoms with Crippen molar-refractivity contribution in [2.24, 2.45) is 5.92 Å². The minimum absolute atomic E-state index is 0.00887. The van der Waals surface area contributed by atoms with Crippen LogP contribution in [0.15, 0.2) is 0 Å². The second kappa shape index (κ2) is 4.17. The van der Waals surface area contributed by atoms with Gasteiger partial charge in [-0.3, -0.25) is 0 Å². The van der Waals surface area contributed by atoms with Gasteiger partial charge in [0.05, 0.1) is 19.8 Å². The minimum atomic E-state index is 0.00887. The summed E-state index contributed by atoms with van der Waals surface area (Å²) in [4.78, 5) is 0. The smallest absolute Gasteiger partial charge is 0.130 e. The lowest BCUT2D eigenvalue weighted by atomic mass is 9.79. The molecular formula is C11H21NO2. The molecule has 2 fully saturated rings. The van der Waals surface area contributed by atoms with Crippen LogP contribution in [0, 0.1) is 5.92 Å². The lowest BCUT2D eigenvalue weighted by molar-refractivity contribution is -0.244. The van der Waals surface area contributed by atoms with Crippen LogP contribution in [0.25, 0.3) is 0 Å². The number of nitrogens with one attached hydrogen (secondary N) is 1. The second-order valence-electron chi connectivity index (χ2n) is 4.41. The van der Waals surface area contributed by atoms with Crippen LogP contribution >= 0.6 is 0 Å². The Balaban J connectivity index is 2.05. The first-order valence-corrected chi connectivity index (χ1v) is 5.77. The highest BCUT2D eigenvalue weighted by molar-refractivity contribution is 5.03. The molecule has 0 aliphatic carbocycles. The van der Waals surface area contributed by atoms with Crippen molar-refractivity contribution in [1.82, 2.24) is 5.32 Å². The molecule has 0 aromatic heterocycles. The monoisotopic (exact) mass is 199 g/mol. The Morgan fingerprint density at radius 3 is 2.57 bits per heavy atom. The topological polar surface area (TPSA) is 30.5 Å². The Kier molecular flexibility index (Phi) is 3.10. The van der Waals surface area contributed by atoms with Gasteiger partial charge in [0.2, 0.25) is 0 Å². The fourth-order valence-electron chi connectivity index (χ4n) is 2.67. The zero-order valence-electron chi connectivity index (χ0n) is 9.21. The predicted octanol–water partition coefficient (Wildman–Crippen LogP) is 1.18. The summed E-state index contributed by atoms with van der Waals surface area (Å²) in [6.45, 7) is 7.90. The Morgan fingerprint density at radius 2 is 2.07 bits per heavy atom. The molecule has 2 heterocycles. The lowest BCUT2D eigenvalue weighted by Crippen LogP contribution is -2.70. The largest absolute Gasteiger partial charge is 0.375 e. The lowest BCUT2D eigenvalue weighted by Gasteiger charge is -2.52. The number of ether oxygens (including phenoxy) is 2. The third-order valence-electron chi connectivity index (χ3n) is 3.64.